The van der Waals surface area contributed by atoms with Crippen molar-refractivity contribution in [2.75, 3.05) is 6.54 Å². The first-order chi connectivity index (χ1) is 11.1. The zero-order valence-electron chi connectivity index (χ0n) is 12.9. The molecule has 23 heavy (non-hydrogen) atoms. The van der Waals surface area contributed by atoms with Gasteiger partial charge < -0.3 is 5.32 Å². The summed E-state index contributed by atoms with van der Waals surface area (Å²) in [5.74, 6) is -0.364. The van der Waals surface area contributed by atoms with Crippen LogP contribution in [-0.2, 0) is 11.2 Å². The second-order valence-corrected chi connectivity index (χ2v) is 5.98. The van der Waals surface area contributed by atoms with Crippen molar-refractivity contribution in [1.82, 2.24) is 10.7 Å². The number of nitrogens with zero attached hydrogens (tertiary/aromatic N) is 1. The lowest BCUT2D eigenvalue weighted by Crippen LogP contribution is -2.28. The highest BCUT2D eigenvalue weighted by Gasteiger charge is 2.07. The van der Waals surface area contributed by atoms with Gasteiger partial charge in [-0.05, 0) is 30.4 Å². The van der Waals surface area contributed by atoms with Gasteiger partial charge in [0.05, 0.1) is 11.3 Å². The molecule has 120 valence electrons. The Hall–Kier alpha value is -2.47. The Bertz CT molecular complexity index is 666. The van der Waals surface area contributed by atoms with E-state index in [2.05, 4.69) is 15.8 Å². The summed E-state index contributed by atoms with van der Waals surface area (Å²) >= 11 is 1.35. The Morgan fingerprint density at radius 1 is 1.13 bits per heavy atom. The molecule has 0 unspecified atom stereocenters. The Balaban J connectivity index is 1.69. The van der Waals surface area contributed by atoms with Crippen LogP contribution in [0.25, 0.3) is 0 Å². The molecular formula is C17H19N3O2S. The van der Waals surface area contributed by atoms with E-state index in [4.69, 9.17) is 0 Å². The SMILES string of the molecule is C/C(CC(=O)NCCc1ccccc1)=N\NC(=O)c1cccs1. The molecule has 0 saturated heterocycles. The monoisotopic (exact) mass is 329 g/mol. The molecule has 0 radical (unpaired) electrons. The van der Waals surface area contributed by atoms with Crippen LogP contribution in [0.2, 0.25) is 0 Å². The number of amides is 2. The number of hydrogen-bond acceptors (Lipinski definition) is 4. The van der Waals surface area contributed by atoms with Crippen LogP contribution >= 0.6 is 11.3 Å². The van der Waals surface area contributed by atoms with E-state index in [0.29, 0.717) is 17.1 Å². The first kappa shape index (κ1) is 16.9. The third-order valence-corrected chi connectivity index (χ3v) is 3.96. The molecule has 5 nitrogen and oxygen atoms in total. The second kappa shape index (κ2) is 8.85. The van der Waals surface area contributed by atoms with E-state index in [1.807, 2.05) is 35.7 Å². The zero-order chi connectivity index (χ0) is 16.5. The fraction of sp³-hybridized carbons (Fsp3) is 0.235. The van der Waals surface area contributed by atoms with Crippen LogP contribution in [0.15, 0.2) is 52.9 Å². The number of hydrogen-bond donors (Lipinski definition) is 2. The predicted molar refractivity (Wildman–Crippen MR) is 92.7 cm³/mol. The Morgan fingerprint density at radius 3 is 2.61 bits per heavy atom. The van der Waals surface area contributed by atoms with Crippen LogP contribution in [0.5, 0.6) is 0 Å². The van der Waals surface area contributed by atoms with Crippen molar-refractivity contribution >= 4 is 28.9 Å². The molecule has 1 aromatic carbocycles. The summed E-state index contributed by atoms with van der Waals surface area (Å²) < 4.78 is 0. The lowest BCUT2D eigenvalue weighted by atomic mass is 10.1. The quantitative estimate of drug-likeness (QED) is 0.605. The maximum atomic E-state index is 11.8. The largest absolute Gasteiger partial charge is 0.355 e. The van der Waals surface area contributed by atoms with Gasteiger partial charge >= 0.3 is 0 Å². The molecule has 2 amide bonds. The first-order valence-electron chi connectivity index (χ1n) is 7.33. The molecule has 1 aromatic heterocycles. The van der Waals surface area contributed by atoms with Gasteiger partial charge in [0.25, 0.3) is 5.91 Å². The minimum Gasteiger partial charge on any atom is -0.355 e. The molecule has 2 N–H and O–H groups in total. The molecule has 0 atom stereocenters. The summed E-state index contributed by atoms with van der Waals surface area (Å²) in [4.78, 5) is 24.1. The smallest absolute Gasteiger partial charge is 0.281 e. The van der Waals surface area contributed by atoms with E-state index in [0.717, 1.165) is 6.42 Å². The molecule has 6 heteroatoms. The normalized spacial score (nSPS) is 11.1. The maximum Gasteiger partial charge on any atom is 0.281 e. The lowest BCUT2D eigenvalue weighted by Gasteiger charge is -2.05. The highest BCUT2D eigenvalue weighted by Crippen LogP contribution is 2.07. The van der Waals surface area contributed by atoms with Crippen LogP contribution in [0.1, 0.15) is 28.6 Å². The average molecular weight is 329 g/mol. The lowest BCUT2D eigenvalue weighted by molar-refractivity contribution is -0.119. The van der Waals surface area contributed by atoms with Crippen LogP contribution in [0.4, 0.5) is 0 Å². The van der Waals surface area contributed by atoms with Crippen LogP contribution in [-0.4, -0.2) is 24.1 Å². The predicted octanol–water partition coefficient (Wildman–Crippen LogP) is 2.60. The molecule has 0 bridgehead atoms. The topological polar surface area (TPSA) is 70.6 Å². The number of benzene rings is 1. The molecule has 1 heterocycles. The third kappa shape index (κ3) is 6.04. The highest BCUT2D eigenvalue weighted by atomic mass is 32.1. The number of carbonyl (C=O) groups is 2. The van der Waals surface area contributed by atoms with Crippen molar-refractivity contribution < 1.29 is 9.59 Å². The molecule has 0 spiro atoms. The number of carbonyl (C=O) groups excluding carboxylic acids is 2. The number of nitrogens with one attached hydrogen (secondary N) is 2. The number of rotatable bonds is 7. The average Bonchev–Trinajstić information content (AvgIpc) is 3.08. The highest BCUT2D eigenvalue weighted by molar-refractivity contribution is 7.12. The molecular weight excluding hydrogens is 310 g/mol. The van der Waals surface area contributed by atoms with Crippen LogP contribution in [0, 0.1) is 0 Å². The number of hydrazone groups is 1. The summed E-state index contributed by atoms with van der Waals surface area (Å²) in [7, 11) is 0. The summed E-state index contributed by atoms with van der Waals surface area (Å²) in [6.07, 6.45) is 0.956. The molecule has 2 aromatic rings. The van der Waals surface area contributed by atoms with E-state index in [1.165, 1.54) is 16.9 Å². The Morgan fingerprint density at radius 2 is 1.91 bits per heavy atom. The molecule has 0 saturated carbocycles. The van der Waals surface area contributed by atoms with E-state index in [1.54, 1.807) is 19.1 Å². The zero-order valence-corrected chi connectivity index (χ0v) is 13.7. The van der Waals surface area contributed by atoms with Gasteiger partial charge in [-0.3, -0.25) is 9.59 Å². The minimum absolute atomic E-state index is 0.104. The second-order valence-electron chi connectivity index (χ2n) is 5.03. The van der Waals surface area contributed by atoms with Crippen molar-refractivity contribution in [2.24, 2.45) is 5.10 Å². The molecule has 0 aliphatic rings. The van der Waals surface area contributed by atoms with Gasteiger partial charge in [0.2, 0.25) is 5.91 Å². The fourth-order valence-corrected chi connectivity index (χ4v) is 2.55. The Labute approximate surface area is 139 Å². The minimum atomic E-state index is -0.260. The Kier molecular flexibility index (Phi) is 6.50. The van der Waals surface area contributed by atoms with E-state index in [9.17, 15) is 9.59 Å². The molecule has 0 aliphatic carbocycles. The van der Waals surface area contributed by atoms with Crippen molar-refractivity contribution in [1.29, 1.82) is 0 Å². The molecule has 0 fully saturated rings. The molecule has 2 rings (SSSR count). The van der Waals surface area contributed by atoms with Crippen molar-refractivity contribution in [3.05, 3.63) is 58.3 Å². The van der Waals surface area contributed by atoms with E-state index in [-0.39, 0.29) is 18.2 Å². The number of thiophene rings is 1. The van der Waals surface area contributed by atoms with E-state index < -0.39 is 0 Å². The van der Waals surface area contributed by atoms with Gasteiger partial charge in [-0.2, -0.15) is 5.10 Å². The van der Waals surface area contributed by atoms with Crippen molar-refractivity contribution in [2.45, 2.75) is 19.8 Å². The van der Waals surface area contributed by atoms with Crippen molar-refractivity contribution in [3.8, 4) is 0 Å². The van der Waals surface area contributed by atoms with Crippen LogP contribution in [0.3, 0.4) is 0 Å². The van der Waals surface area contributed by atoms with Crippen molar-refractivity contribution in [3.63, 3.8) is 0 Å². The standard InChI is InChI=1S/C17H19N3O2S/c1-13(19-20-17(22)15-8-5-11-23-15)12-16(21)18-10-9-14-6-3-2-4-7-14/h2-8,11H,9-10,12H2,1H3,(H,18,21)(H,20,22)/b19-13+. The summed E-state index contributed by atoms with van der Waals surface area (Å²) in [5, 5.41) is 8.62. The summed E-state index contributed by atoms with van der Waals surface area (Å²) in [5.41, 5.74) is 4.20. The third-order valence-electron chi connectivity index (χ3n) is 3.09. The van der Waals surface area contributed by atoms with Crippen LogP contribution < -0.4 is 10.7 Å². The summed E-state index contributed by atoms with van der Waals surface area (Å²) in [6.45, 7) is 2.29. The van der Waals surface area contributed by atoms with E-state index >= 15 is 0 Å². The maximum absolute atomic E-state index is 11.8. The van der Waals surface area contributed by atoms with Gasteiger partial charge in [-0.25, -0.2) is 5.43 Å². The van der Waals surface area contributed by atoms with Gasteiger partial charge in [-0.15, -0.1) is 11.3 Å². The van der Waals surface area contributed by atoms with Gasteiger partial charge in [-0.1, -0.05) is 36.4 Å². The van der Waals surface area contributed by atoms with Gasteiger partial charge in [0.1, 0.15) is 0 Å². The first-order valence-corrected chi connectivity index (χ1v) is 8.21. The fourth-order valence-electron chi connectivity index (χ4n) is 1.93. The van der Waals surface area contributed by atoms with Gasteiger partial charge in [0, 0.05) is 12.3 Å². The molecule has 0 aliphatic heterocycles. The summed E-state index contributed by atoms with van der Waals surface area (Å²) in [6, 6.07) is 13.5. The van der Waals surface area contributed by atoms with Gasteiger partial charge in [0.15, 0.2) is 0 Å².